The van der Waals surface area contributed by atoms with Gasteiger partial charge in [-0.25, -0.2) is 9.79 Å². The van der Waals surface area contributed by atoms with Gasteiger partial charge >= 0.3 is 6.09 Å². The molecule has 1 aliphatic rings. The number of fused-ring (bicyclic) bond motifs is 1. The van der Waals surface area contributed by atoms with Gasteiger partial charge in [0.05, 0.1) is 5.54 Å². The SMILES string of the molecule is CCNC(=NCc1nnc2n1CCCC2)NCC(C)(C)NC(=O)OC(C)(C)C.I. The number of guanidine groups is 1. The molecule has 9 nitrogen and oxygen atoms in total. The van der Waals surface area contributed by atoms with E-state index >= 15 is 0 Å². The monoisotopic (exact) mass is 521 g/mol. The lowest BCUT2D eigenvalue weighted by Crippen LogP contribution is -2.54. The molecule has 0 saturated carbocycles. The number of nitrogens with zero attached hydrogens (tertiary/aromatic N) is 4. The number of aliphatic imine (C=N–C) groups is 1. The van der Waals surface area contributed by atoms with Crippen LogP contribution in [0.2, 0.25) is 0 Å². The van der Waals surface area contributed by atoms with Crippen molar-refractivity contribution in [2.24, 2.45) is 4.99 Å². The van der Waals surface area contributed by atoms with Crippen molar-refractivity contribution in [1.82, 2.24) is 30.7 Å². The third-order valence-corrected chi connectivity index (χ3v) is 4.20. The van der Waals surface area contributed by atoms with Gasteiger partial charge in [-0.15, -0.1) is 34.2 Å². The first-order chi connectivity index (χ1) is 13.1. The summed E-state index contributed by atoms with van der Waals surface area (Å²) in [4.78, 5) is 16.7. The number of hydrogen-bond donors (Lipinski definition) is 3. The smallest absolute Gasteiger partial charge is 0.408 e. The summed E-state index contributed by atoms with van der Waals surface area (Å²) in [5.41, 5.74) is -1.03. The number of aryl methyl sites for hydroxylation is 1. The maximum absolute atomic E-state index is 12.0. The second-order valence-corrected chi connectivity index (χ2v) is 8.70. The van der Waals surface area contributed by atoms with Gasteiger partial charge in [0.25, 0.3) is 0 Å². The van der Waals surface area contributed by atoms with Gasteiger partial charge in [0.1, 0.15) is 18.0 Å². The summed E-state index contributed by atoms with van der Waals surface area (Å²) in [5, 5.41) is 18.0. The summed E-state index contributed by atoms with van der Waals surface area (Å²) in [6.07, 6.45) is 2.88. The molecule has 0 radical (unpaired) electrons. The molecule has 1 aromatic rings. The minimum absolute atomic E-state index is 0. The first-order valence-electron chi connectivity index (χ1n) is 10.0. The number of aromatic nitrogens is 3. The van der Waals surface area contributed by atoms with Crippen molar-refractivity contribution in [3.8, 4) is 0 Å². The number of ether oxygens (including phenoxy) is 1. The third-order valence-electron chi connectivity index (χ3n) is 4.20. The summed E-state index contributed by atoms with van der Waals surface area (Å²) >= 11 is 0. The van der Waals surface area contributed by atoms with Crippen molar-refractivity contribution >= 4 is 36.0 Å². The van der Waals surface area contributed by atoms with Gasteiger partial charge in [-0.3, -0.25) is 0 Å². The van der Waals surface area contributed by atoms with Crippen molar-refractivity contribution in [1.29, 1.82) is 0 Å². The van der Waals surface area contributed by atoms with E-state index < -0.39 is 17.2 Å². The van der Waals surface area contributed by atoms with Crippen LogP contribution in [0.15, 0.2) is 4.99 Å². The van der Waals surface area contributed by atoms with E-state index in [4.69, 9.17) is 4.74 Å². The van der Waals surface area contributed by atoms with E-state index in [0.29, 0.717) is 19.0 Å². The fraction of sp³-hybridized carbons (Fsp3) is 0.789. The van der Waals surface area contributed by atoms with Crippen LogP contribution in [0.4, 0.5) is 4.79 Å². The fourth-order valence-electron chi connectivity index (χ4n) is 2.91. The molecule has 3 N–H and O–H groups in total. The zero-order valence-electron chi connectivity index (χ0n) is 18.5. The Bertz CT molecular complexity index is 695. The van der Waals surface area contributed by atoms with Crippen molar-refractivity contribution < 1.29 is 9.53 Å². The predicted octanol–water partition coefficient (Wildman–Crippen LogP) is 2.59. The fourth-order valence-corrected chi connectivity index (χ4v) is 2.91. The van der Waals surface area contributed by atoms with Crippen LogP contribution >= 0.6 is 24.0 Å². The van der Waals surface area contributed by atoms with Gasteiger partial charge in [0, 0.05) is 26.1 Å². The molecular weight excluding hydrogens is 485 g/mol. The highest BCUT2D eigenvalue weighted by Crippen LogP contribution is 2.14. The summed E-state index contributed by atoms with van der Waals surface area (Å²) < 4.78 is 7.51. The Hall–Kier alpha value is -1.59. The summed E-state index contributed by atoms with van der Waals surface area (Å²) in [5.74, 6) is 2.62. The van der Waals surface area contributed by atoms with Crippen LogP contribution in [-0.4, -0.2) is 51.0 Å². The lowest BCUT2D eigenvalue weighted by Gasteiger charge is -2.29. The first kappa shape index (κ1) is 25.4. The average Bonchev–Trinajstić information content (AvgIpc) is 2.98. The minimum atomic E-state index is -0.526. The van der Waals surface area contributed by atoms with Crippen molar-refractivity contribution in [3.63, 3.8) is 0 Å². The Kier molecular flexibility index (Phi) is 9.63. The van der Waals surface area contributed by atoms with Crippen LogP contribution in [0, 0.1) is 0 Å². The van der Waals surface area contributed by atoms with Gasteiger partial charge in [0.15, 0.2) is 11.8 Å². The number of carbonyl (C=O) groups excluding carboxylic acids is 1. The molecule has 0 spiro atoms. The number of alkyl carbamates (subject to hydrolysis) is 1. The second-order valence-electron chi connectivity index (χ2n) is 8.70. The van der Waals surface area contributed by atoms with E-state index in [1.165, 1.54) is 6.42 Å². The van der Waals surface area contributed by atoms with Gasteiger partial charge in [0.2, 0.25) is 0 Å². The molecule has 10 heteroatoms. The lowest BCUT2D eigenvalue weighted by molar-refractivity contribution is 0.0474. The molecule has 2 heterocycles. The van der Waals surface area contributed by atoms with Crippen LogP contribution in [0.3, 0.4) is 0 Å². The standard InChI is InChI=1S/C19H35N7O2.HI/c1-7-20-16(21-12-15-25-24-14-10-8-9-11-26(14)15)22-13-19(5,6)23-17(27)28-18(2,3)4;/h7-13H2,1-6H3,(H,23,27)(H2,20,21,22);1H. The highest BCUT2D eigenvalue weighted by Gasteiger charge is 2.25. The van der Waals surface area contributed by atoms with Gasteiger partial charge in [-0.2, -0.15) is 0 Å². The zero-order chi connectivity index (χ0) is 20.8. The first-order valence-corrected chi connectivity index (χ1v) is 10.0. The average molecular weight is 521 g/mol. The number of hydrogen-bond acceptors (Lipinski definition) is 5. The van der Waals surface area contributed by atoms with Crippen LogP contribution in [0.25, 0.3) is 0 Å². The molecule has 2 rings (SSSR count). The largest absolute Gasteiger partial charge is 0.444 e. The summed E-state index contributed by atoms with van der Waals surface area (Å²) in [6, 6.07) is 0. The van der Waals surface area contributed by atoms with Crippen molar-refractivity contribution in [2.45, 2.75) is 85.0 Å². The molecule has 0 bridgehead atoms. The van der Waals surface area contributed by atoms with E-state index in [9.17, 15) is 4.79 Å². The number of carbonyl (C=O) groups is 1. The van der Waals surface area contributed by atoms with E-state index in [0.717, 1.165) is 37.6 Å². The van der Waals surface area contributed by atoms with Crippen LogP contribution in [-0.2, 0) is 24.2 Å². The number of halogens is 1. The maximum Gasteiger partial charge on any atom is 0.408 e. The van der Waals surface area contributed by atoms with Crippen LogP contribution in [0.1, 0.15) is 66.0 Å². The minimum Gasteiger partial charge on any atom is -0.444 e. The van der Waals surface area contributed by atoms with Gasteiger partial charge < -0.3 is 25.3 Å². The third kappa shape index (κ3) is 8.75. The van der Waals surface area contributed by atoms with E-state index in [2.05, 4.69) is 35.7 Å². The van der Waals surface area contributed by atoms with Gasteiger partial charge in [-0.05, 0) is 54.4 Å². The summed E-state index contributed by atoms with van der Waals surface area (Å²) in [6.45, 7) is 14.1. The molecule has 1 amide bonds. The van der Waals surface area contributed by atoms with E-state index in [-0.39, 0.29) is 24.0 Å². The van der Waals surface area contributed by atoms with E-state index in [1.54, 1.807) is 0 Å². The molecule has 1 aromatic heterocycles. The molecule has 0 aliphatic carbocycles. The number of nitrogens with one attached hydrogen (secondary N) is 3. The zero-order valence-corrected chi connectivity index (χ0v) is 20.8. The van der Waals surface area contributed by atoms with Crippen LogP contribution < -0.4 is 16.0 Å². The normalized spacial score (nSPS) is 14.5. The number of rotatable bonds is 6. The number of amides is 1. The molecule has 0 atom stereocenters. The molecule has 0 unspecified atom stereocenters. The quantitative estimate of drug-likeness (QED) is 0.302. The topological polar surface area (TPSA) is 105 Å². The molecular formula is C19H36IN7O2. The molecule has 29 heavy (non-hydrogen) atoms. The molecule has 0 fully saturated rings. The summed E-state index contributed by atoms with van der Waals surface area (Å²) in [7, 11) is 0. The van der Waals surface area contributed by atoms with Crippen LogP contribution in [0.5, 0.6) is 0 Å². The Morgan fingerprint density at radius 2 is 1.90 bits per heavy atom. The van der Waals surface area contributed by atoms with Gasteiger partial charge in [-0.1, -0.05) is 0 Å². The predicted molar refractivity (Wildman–Crippen MR) is 125 cm³/mol. The second kappa shape index (κ2) is 11.0. The molecule has 0 saturated heterocycles. The Morgan fingerprint density at radius 1 is 1.17 bits per heavy atom. The van der Waals surface area contributed by atoms with Crippen molar-refractivity contribution in [2.75, 3.05) is 13.1 Å². The molecule has 0 aromatic carbocycles. The van der Waals surface area contributed by atoms with E-state index in [1.807, 2.05) is 41.5 Å². The molecule has 166 valence electrons. The Balaban J connectivity index is 0.00000420. The molecule has 1 aliphatic heterocycles. The highest BCUT2D eigenvalue weighted by atomic mass is 127. The lowest BCUT2D eigenvalue weighted by atomic mass is 10.1. The highest BCUT2D eigenvalue weighted by molar-refractivity contribution is 14.0. The maximum atomic E-state index is 12.0. The Morgan fingerprint density at radius 3 is 2.55 bits per heavy atom. The van der Waals surface area contributed by atoms with Crippen molar-refractivity contribution in [3.05, 3.63) is 11.6 Å². The Labute approximate surface area is 190 Å².